The lowest BCUT2D eigenvalue weighted by molar-refractivity contribution is 0.302. The zero-order valence-electron chi connectivity index (χ0n) is 27.2. The molecule has 1 aromatic heterocycles. The molecule has 8 aromatic rings. The molecule has 236 valence electrons. The number of ether oxygens (including phenoxy) is 1. The first-order chi connectivity index (χ1) is 24.8. The fourth-order valence-electron chi connectivity index (χ4n) is 6.68. The Bertz CT molecular complexity index is 2340. The van der Waals surface area contributed by atoms with Gasteiger partial charge in [0.25, 0.3) is 0 Å². The van der Waals surface area contributed by atoms with Crippen LogP contribution in [0.5, 0.6) is 5.75 Å². The monoisotopic (exact) mass is 641 g/mol. The maximum atomic E-state index is 6.05. The van der Waals surface area contributed by atoms with Crippen LogP contribution in [0.4, 0.5) is 0 Å². The molecule has 0 bridgehead atoms. The summed E-state index contributed by atoms with van der Waals surface area (Å²) in [6.45, 7) is 0.563. The van der Waals surface area contributed by atoms with E-state index in [0.29, 0.717) is 24.1 Å². The lowest BCUT2D eigenvalue weighted by atomic mass is 9.89. The summed E-state index contributed by atoms with van der Waals surface area (Å²) in [5.74, 6) is 2.82. The van der Waals surface area contributed by atoms with Gasteiger partial charge in [-0.1, -0.05) is 170 Å². The third kappa shape index (κ3) is 5.63. The van der Waals surface area contributed by atoms with E-state index in [-0.39, 0.29) is 0 Å². The molecule has 4 heteroatoms. The van der Waals surface area contributed by atoms with Crippen LogP contribution in [0.3, 0.4) is 0 Å². The quantitative estimate of drug-likeness (QED) is 0.181. The van der Waals surface area contributed by atoms with Gasteiger partial charge in [0.15, 0.2) is 17.5 Å². The summed E-state index contributed by atoms with van der Waals surface area (Å²) in [6, 6.07) is 60.9. The average molecular weight is 642 g/mol. The predicted molar refractivity (Wildman–Crippen MR) is 202 cm³/mol. The largest absolute Gasteiger partial charge is 0.488 e. The smallest absolute Gasteiger partial charge is 0.164 e. The van der Waals surface area contributed by atoms with E-state index in [9.17, 15) is 0 Å². The van der Waals surface area contributed by atoms with Gasteiger partial charge in [-0.2, -0.15) is 0 Å². The normalized spacial score (nSPS) is 11.7. The number of rotatable bonds is 6. The van der Waals surface area contributed by atoms with Gasteiger partial charge < -0.3 is 4.74 Å². The molecule has 2 heterocycles. The maximum absolute atomic E-state index is 6.05. The zero-order valence-corrected chi connectivity index (χ0v) is 27.2. The molecule has 1 aliphatic rings. The number of hydrogen-bond donors (Lipinski definition) is 0. The van der Waals surface area contributed by atoms with Crippen molar-refractivity contribution in [3.05, 3.63) is 181 Å². The van der Waals surface area contributed by atoms with Gasteiger partial charge >= 0.3 is 0 Å². The summed E-state index contributed by atoms with van der Waals surface area (Å²) in [4.78, 5) is 15.1. The summed E-state index contributed by atoms with van der Waals surface area (Å²) >= 11 is 0. The van der Waals surface area contributed by atoms with E-state index in [1.165, 1.54) is 27.8 Å². The Morgan fingerprint density at radius 2 is 0.720 bits per heavy atom. The van der Waals surface area contributed by atoms with Crippen LogP contribution >= 0.6 is 0 Å². The molecular weight excluding hydrogens is 611 g/mol. The van der Waals surface area contributed by atoms with Crippen molar-refractivity contribution in [2.75, 3.05) is 0 Å². The topological polar surface area (TPSA) is 47.9 Å². The van der Waals surface area contributed by atoms with Crippen LogP contribution in [0.25, 0.3) is 78.7 Å². The fourth-order valence-corrected chi connectivity index (χ4v) is 6.68. The van der Waals surface area contributed by atoms with Crippen LogP contribution in [0.2, 0.25) is 0 Å². The first kappa shape index (κ1) is 29.5. The van der Waals surface area contributed by atoms with Crippen molar-refractivity contribution in [2.45, 2.75) is 6.61 Å². The van der Waals surface area contributed by atoms with Crippen LogP contribution in [0, 0.1) is 0 Å². The van der Waals surface area contributed by atoms with Crippen molar-refractivity contribution in [2.24, 2.45) is 0 Å². The van der Waals surface area contributed by atoms with Gasteiger partial charge in [0.05, 0.1) is 0 Å². The lowest BCUT2D eigenvalue weighted by Gasteiger charge is -2.23. The van der Waals surface area contributed by atoms with Crippen LogP contribution in [-0.4, -0.2) is 15.0 Å². The predicted octanol–water partition coefficient (Wildman–Crippen LogP) is 11.4. The third-order valence-electron chi connectivity index (χ3n) is 9.28. The standard InChI is InChI=1S/C46H31N3O/c1-3-10-31(11-4-1)33-18-24-36(25-19-33)44-47-45(37-26-20-34(21-27-37)32-12-5-2-6-13-32)49-46(48-44)38-28-22-35(23-29-38)40-16-9-14-39-30-50-42-17-8-7-15-41(42)43(39)40/h1-29H,30H2. The molecule has 0 radical (unpaired) electrons. The Hall–Kier alpha value is -6.65. The highest BCUT2D eigenvalue weighted by molar-refractivity contribution is 5.89. The van der Waals surface area contributed by atoms with Crippen molar-refractivity contribution in [1.82, 2.24) is 15.0 Å². The summed E-state index contributed by atoms with van der Waals surface area (Å²) in [7, 11) is 0. The van der Waals surface area contributed by atoms with Crippen molar-refractivity contribution >= 4 is 0 Å². The number of fused-ring (bicyclic) bond motifs is 3. The summed E-state index contributed by atoms with van der Waals surface area (Å²) < 4.78 is 6.05. The molecule has 7 aromatic carbocycles. The van der Waals surface area contributed by atoms with Gasteiger partial charge in [-0.3, -0.25) is 0 Å². The second-order valence-corrected chi connectivity index (χ2v) is 12.4. The summed E-state index contributed by atoms with van der Waals surface area (Å²) in [6.07, 6.45) is 0. The molecule has 0 saturated heterocycles. The molecule has 0 N–H and O–H groups in total. The molecule has 0 atom stereocenters. The maximum Gasteiger partial charge on any atom is 0.164 e. The molecule has 9 rings (SSSR count). The van der Waals surface area contributed by atoms with E-state index in [1.807, 2.05) is 24.3 Å². The highest BCUT2D eigenvalue weighted by atomic mass is 16.5. The first-order valence-electron chi connectivity index (χ1n) is 16.8. The van der Waals surface area contributed by atoms with Crippen LogP contribution in [0.1, 0.15) is 5.56 Å². The highest BCUT2D eigenvalue weighted by Crippen LogP contribution is 2.43. The average Bonchev–Trinajstić information content (AvgIpc) is 3.21. The van der Waals surface area contributed by atoms with Gasteiger partial charge in [-0.15, -0.1) is 0 Å². The Balaban J connectivity index is 1.11. The van der Waals surface area contributed by atoms with E-state index in [1.54, 1.807) is 0 Å². The van der Waals surface area contributed by atoms with Crippen LogP contribution in [-0.2, 0) is 6.61 Å². The van der Waals surface area contributed by atoms with Crippen molar-refractivity contribution in [3.8, 4) is 84.4 Å². The fraction of sp³-hybridized carbons (Fsp3) is 0.0217. The first-order valence-corrected chi connectivity index (χ1v) is 16.8. The molecule has 0 fully saturated rings. The van der Waals surface area contributed by atoms with Gasteiger partial charge in [0.2, 0.25) is 0 Å². The Kier molecular flexibility index (Phi) is 7.52. The molecule has 50 heavy (non-hydrogen) atoms. The van der Waals surface area contributed by atoms with Gasteiger partial charge in [-0.25, -0.2) is 15.0 Å². The second kappa shape index (κ2) is 12.8. The Labute approximate surface area is 291 Å². The second-order valence-electron chi connectivity index (χ2n) is 12.4. The molecule has 1 aliphatic heterocycles. The molecule has 0 amide bonds. The number of aromatic nitrogens is 3. The SMILES string of the molecule is c1ccc(-c2ccc(-c3nc(-c4ccc(-c5ccccc5)cc4)nc(-c4ccc(-c5cccc6c5-c5ccccc5OC6)cc4)n3)cc2)cc1. The highest BCUT2D eigenvalue weighted by Gasteiger charge is 2.21. The lowest BCUT2D eigenvalue weighted by Crippen LogP contribution is -2.06. The van der Waals surface area contributed by atoms with Crippen LogP contribution < -0.4 is 4.74 Å². The number of nitrogens with zero attached hydrogens (tertiary/aromatic N) is 3. The van der Waals surface area contributed by atoms with Crippen molar-refractivity contribution < 1.29 is 4.74 Å². The molecule has 4 nitrogen and oxygen atoms in total. The summed E-state index contributed by atoms with van der Waals surface area (Å²) in [5, 5.41) is 0. The summed E-state index contributed by atoms with van der Waals surface area (Å²) in [5.41, 5.74) is 13.3. The number of hydrogen-bond acceptors (Lipinski definition) is 4. The molecule has 0 spiro atoms. The van der Waals surface area contributed by atoms with Gasteiger partial charge in [-0.05, 0) is 50.6 Å². The Morgan fingerprint density at radius 1 is 0.320 bits per heavy atom. The Morgan fingerprint density at radius 3 is 1.24 bits per heavy atom. The molecule has 0 unspecified atom stereocenters. The van der Waals surface area contributed by atoms with Crippen molar-refractivity contribution in [1.29, 1.82) is 0 Å². The zero-order chi connectivity index (χ0) is 33.3. The minimum absolute atomic E-state index is 0.563. The minimum atomic E-state index is 0.563. The van der Waals surface area contributed by atoms with Crippen molar-refractivity contribution in [3.63, 3.8) is 0 Å². The van der Waals surface area contributed by atoms with E-state index in [4.69, 9.17) is 19.7 Å². The van der Waals surface area contributed by atoms with E-state index < -0.39 is 0 Å². The minimum Gasteiger partial charge on any atom is -0.488 e. The third-order valence-corrected chi connectivity index (χ3v) is 9.28. The molecular formula is C46H31N3O. The molecule has 0 saturated carbocycles. The molecule has 0 aliphatic carbocycles. The van der Waals surface area contributed by atoms with Gasteiger partial charge in [0, 0.05) is 22.3 Å². The number of para-hydroxylation sites is 1. The number of benzene rings is 7. The van der Waals surface area contributed by atoms with Crippen LogP contribution in [0.15, 0.2) is 176 Å². The van der Waals surface area contributed by atoms with E-state index >= 15 is 0 Å². The van der Waals surface area contributed by atoms with E-state index in [0.717, 1.165) is 44.7 Å². The van der Waals surface area contributed by atoms with E-state index in [2.05, 4.69) is 152 Å². The van der Waals surface area contributed by atoms with Gasteiger partial charge in [0.1, 0.15) is 12.4 Å².